The molecule has 0 saturated heterocycles. The van der Waals surface area contributed by atoms with Gasteiger partial charge in [-0.25, -0.2) is 15.0 Å². The molecule has 0 amide bonds. The van der Waals surface area contributed by atoms with Gasteiger partial charge in [0.1, 0.15) is 27.9 Å². The molecule has 0 aliphatic heterocycles. The van der Waals surface area contributed by atoms with Crippen LogP contribution < -0.4 is 0 Å². The summed E-state index contributed by atoms with van der Waals surface area (Å²) in [4.78, 5) is 31.0. The molecule has 12 heterocycles. The lowest BCUT2D eigenvalue weighted by Crippen LogP contribution is -2.03. The SMILES string of the molecule is c1ccc(-c2nc(-n3c4ccccc4c4c3ccc3c5ccccc5n(-c5ccccc5)c34)nc3oc4ccccc4c23)cc1.c1ccc(-c2nc(-n3c4ccccc4c4c5oc6ccccc6c5ccc43)nc3oc4ccccc4c23)cc1.c1ccc(-c2nc(-n3c4ccccc4c4c5sc6ccccc6c5ccc43)nc3oc4ccccc4c23)cc1. The van der Waals surface area contributed by atoms with Crippen LogP contribution in [0.15, 0.2) is 394 Å². The van der Waals surface area contributed by atoms with Crippen LogP contribution in [0.4, 0.5) is 0 Å². The standard InChI is InChI=1S/C40H24N4O.C34H19N3O2.C34H19N3OS/c1-3-13-25(14-4-1)37-36-30-19-9-12-22-34(30)45-39(36)42-40(41-37)44-32-21-11-8-18-29(32)35-33(44)24-23-28-27-17-7-10-20-31(27)43(38(28)35)26-15-5-2-6-16-26;1-2-10-20(11-3-1)31-30-24-14-6-9-17-28(24)39-33(30)36-34(35-31)37-25-15-7-4-13-23(25)29-26(37)19-18-22-21-12-5-8-16-27(21)38-32(22)29;1-2-10-20(11-3-1)31-30-24-14-5-8-16-27(24)38-33(30)36-34(35-31)37-25-15-7-4-13-23(25)29-26(37)19-18-22-21-12-6-9-17-28(21)39-32(22)29/h1-24H;2*1-19H. The predicted octanol–water partition coefficient (Wildman–Crippen LogP) is 28.8. The second kappa shape index (κ2) is 27.0. The number of hydrogen-bond acceptors (Lipinski definition) is 11. The zero-order valence-electron chi connectivity index (χ0n) is 65.3. The van der Waals surface area contributed by atoms with E-state index in [9.17, 15) is 0 Å². The first-order valence-electron chi connectivity index (χ1n) is 41.0. The molecule has 0 aliphatic carbocycles. The molecule has 0 unspecified atom stereocenters. The van der Waals surface area contributed by atoms with Gasteiger partial charge in [-0.3, -0.25) is 13.7 Å². The Hall–Kier alpha value is -16.6. The Morgan fingerprint density at radius 3 is 1.01 bits per heavy atom. The average Bonchev–Trinajstić information content (AvgIpc) is 1.55. The molecule has 123 heavy (non-hydrogen) atoms. The highest BCUT2D eigenvalue weighted by Gasteiger charge is 2.29. The van der Waals surface area contributed by atoms with E-state index in [4.69, 9.17) is 47.6 Å². The smallest absolute Gasteiger partial charge is 0.238 e. The van der Waals surface area contributed by atoms with Crippen LogP contribution in [-0.4, -0.2) is 48.2 Å². The molecule has 0 bridgehead atoms. The van der Waals surface area contributed by atoms with Gasteiger partial charge >= 0.3 is 0 Å². The highest BCUT2D eigenvalue weighted by molar-refractivity contribution is 7.26. The van der Waals surface area contributed by atoms with Crippen LogP contribution in [0.3, 0.4) is 0 Å². The van der Waals surface area contributed by atoms with E-state index in [1.54, 1.807) is 0 Å². The lowest BCUT2D eigenvalue weighted by atomic mass is 10.1. The van der Waals surface area contributed by atoms with Gasteiger partial charge in [0.2, 0.25) is 35.0 Å². The molecule has 0 radical (unpaired) electrons. The molecule has 0 fully saturated rings. The highest BCUT2D eigenvalue weighted by atomic mass is 32.1. The quantitative estimate of drug-likeness (QED) is 0.151. The number of furan rings is 4. The number of aromatic nitrogens is 10. The monoisotopic (exact) mass is 1590 g/mol. The Morgan fingerprint density at radius 2 is 0.537 bits per heavy atom. The summed E-state index contributed by atoms with van der Waals surface area (Å²) in [6.07, 6.45) is 0. The number of fused-ring (bicyclic) bond motifs is 30. The number of nitrogens with zero attached hydrogens (tertiary/aromatic N) is 10. The van der Waals surface area contributed by atoms with Gasteiger partial charge in [0.05, 0.1) is 82.8 Å². The maximum atomic E-state index is 6.45. The van der Waals surface area contributed by atoms with E-state index in [2.05, 4.69) is 261 Å². The van der Waals surface area contributed by atoms with Gasteiger partial charge in [-0.2, -0.15) is 15.0 Å². The fourth-order valence-electron chi connectivity index (χ4n) is 19.0. The van der Waals surface area contributed by atoms with Crippen LogP contribution in [0.2, 0.25) is 0 Å². The number of thiophene rings is 1. The molecule has 0 saturated carbocycles. The summed E-state index contributed by atoms with van der Waals surface area (Å²) in [5, 5.41) is 19.9. The van der Waals surface area contributed by atoms with Crippen molar-refractivity contribution in [2.24, 2.45) is 0 Å². The Morgan fingerprint density at radius 1 is 0.203 bits per heavy atom. The molecule has 28 aromatic rings. The molecule has 15 heteroatoms. The minimum Gasteiger partial charge on any atom is -0.455 e. The topological polar surface area (TPSA) is 150 Å². The average molecular weight is 1600 g/mol. The number of hydrogen-bond donors (Lipinski definition) is 0. The third kappa shape index (κ3) is 10.4. The van der Waals surface area contributed by atoms with Crippen molar-refractivity contribution < 1.29 is 17.7 Å². The number of para-hydroxylation sites is 9. The van der Waals surface area contributed by atoms with Gasteiger partial charge in [0.15, 0.2) is 0 Å². The highest BCUT2D eigenvalue weighted by Crippen LogP contribution is 2.49. The van der Waals surface area contributed by atoms with E-state index in [0.717, 1.165) is 165 Å². The maximum absolute atomic E-state index is 6.45. The fraction of sp³-hybridized carbons (Fsp3) is 0. The van der Waals surface area contributed by atoms with Gasteiger partial charge in [-0.05, 0) is 91.0 Å². The molecule has 16 aromatic carbocycles. The normalized spacial score (nSPS) is 12.1. The Balaban J connectivity index is 0.0000000993. The Kier molecular flexibility index (Phi) is 15.0. The van der Waals surface area contributed by atoms with Crippen LogP contribution in [0.25, 0.3) is 253 Å². The van der Waals surface area contributed by atoms with Crippen molar-refractivity contribution in [3.8, 4) is 57.3 Å². The summed E-state index contributed by atoms with van der Waals surface area (Å²) in [6.45, 7) is 0. The first-order valence-corrected chi connectivity index (χ1v) is 41.8. The van der Waals surface area contributed by atoms with E-state index in [1.165, 1.54) is 52.8 Å². The summed E-state index contributed by atoms with van der Waals surface area (Å²) in [5.74, 6) is 1.74. The molecule has 0 atom stereocenters. The second-order valence-corrected chi connectivity index (χ2v) is 32.1. The van der Waals surface area contributed by atoms with E-state index < -0.39 is 0 Å². The van der Waals surface area contributed by atoms with Crippen molar-refractivity contribution >= 4 is 207 Å². The zero-order valence-corrected chi connectivity index (χ0v) is 66.1. The largest absolute Gasteiger partial charge is 0.455 e. The van der Waals surface area contributed by atoms with Crippen molar-refractivity contribution in [1.82, 2.24) is 48.2 Å². The first-order chi connectivity index (χ1) is 61.0. The van der Waals surface area contributed by atoms with Crippen molar-refractivity contribution in [2.75, 3.05) is 0 Å². The minimum absolute atomic E-state index is 0.557. The summed E-state index contributed by atoms with van der Waals surface area (Å²) in [5.41, 5.74) is 21.2. The summed E-state index contributed by atoms with van der Waals surface area (Å²) < 4.78 is 37.0. The van der Waals surface area contributed by atoms with Crippen LogP contribution in [-0.2, 0) is 0 Å². The lowest BCUT2D eigenvalue weighted by molar-refractivity contribution is 0.651. The predicted molar refractivity (Wildman–Crippen MR) is 502 cm³/mol. The molecular weight excluding hydrogens is 1530 g/mol. The van der Waals surface area contributed by atoms with Crippen molar-refractivity contribution in [3.05, 3.63) is 376 Å². The van der Waals surface area contributed by atoms with Gasteiger partial charge in [0, 0.05) is 107 Å². The number of rotatable bonds is 7. The second-order valence-electron chi connectivity index (χ2n) is 31.0. The van der Waals surface area contributed by atoms with Crippen molar-refractivity contribution in [1.29, 1.82) is 0 Å². The molecular formula is C108H62N10O4S. The van der Waals surface area contributed by atoms with Crippen LogP contribution >= 0.6 is 11.3 Å². The van der Waals surface area contributed by atoms with Gasteiger partial charge in [-0.1, -0.05) is 285 Å². The number of benzene rings is 16. The zero-order chi connectivity index (χ0) is 80.5. The molecule has 12 aromatic heterocycles. The first kappa shape index (κ1) is 68.4. The van der Waals surface area contributed by atoms with Gasteiger partial charge in [0.25, 0.3) is 0 Å². The summed E-state index contributed by atoms with van der Waals surface area (Å²) in [6, 6.07) is 130. The van der Waals surface area contributed by atoms with E-state index in [1.807, 2.05) is 145 Å². The molecule has 28 rings (SSSR count). The van der Waals surface area contributed by atoms with Gasteiger partial charge < -0.3 is 22.2 Å². The Bertz CT molecular complexity index is 8890. The maximum Gasteiger partial charge on any atom is 0.238 e. The van der Waals surface area contributed by atoms with Crippen LogP contribution in [0, 0.1) is 0 Å². The molecule has 0 N–H and O–H groups in total. The molecule has 0 aliphatic rings. The van der Waals surface area contributed by atoms with E-state index in [-0.39, 0.29) is 0 Å². The van der Waals surface area contributed by atoms with Crippen molar-refractivity contribution in [2.45, 2.75) is 0 Å². The Labute approximate surface area is 701 Å². The summed E-state index contributed by atoms with van der Waals surface area (Å²) >= 11 is 1.85. The summed E-state index contributed by atoms with van der Waals surface area (Å²) in [7, 11) is 0. The lowest BCUT2D eigenvalue weighted by Gasteiger charge is -2.10. The fourth-order valence-corrected chi connectivity index (χ4v) is 20.3. The van der Waals surface area contributed by atoms with Gasteiger partial charge in [-0.15, -0.1) is 11.3 Å². The van der Waals surface area contributed by atoms with Crippen LogP contribution in [0.1, 0.15) is 0 Å². The van der Waals surface area contributed by atoms with E-state index in [0.29, 0.717) is 35.0 Å². The third-order valence-electron chi connectivity index (χ3n) is 24.3. The van der Waals surface area contributed by atoms with Crippen LogP contribution in [0.5, 0.6) is 0 Å². The van der Waals surface area contributed by atoms with E-state index >= 15 is 0 Å². The van der Waals surface area contributed by atoms with Crippen molar-refractivity contribution in [3.63, 3.8) is 0 Å². The molecule has 14 nitrogen and oxygen atoms in total. The molecule has 574 valence electrons. The minimum atomic E-state index is 0.557. The molecule has 0 spiro atoms. The third-order valence-corrected chi connectivity index (χ3v) is 25.5.